The van der Waals surface area contributed by atoms with Gasteiger partial charge in [0.1, 0.15) is 18.2 Å². The Hall–Kier alpha value is -1.46. The quantitative estimate of drug-likeness (QED) is 0.847. The molecule has 1 heterocycles. The van der Waals surface area contributed by atoms with Gasteiger partial charge in [0.15, 0.2) is 0 Å². The average molecular weight is 252 g/mol. The van der Waals surface area contributed by atoms with Crippen molar-refractivity contribution in [3.8, 4) is 11.5 Å². The molecule has 1 aliphatic rings. The lowest BCUT2D eigenvalue weighted by molar-refractivity contribution is 0.201. The molecule has 0 radical (unpaired) electrons. The first kappa shape index (κ1) is 13.0. The molecule has 1 fully saturated rings. The lowest BCUT2D eigenvalue weighted by atomic mass is 10.1. The fourth-order valence-corrected chi connectivity index (χ4v) is 2.15. The maximum atomic E-state index is 5.61. The molecule has 0 aliphatic carbocycles. The largest absolute Gasteiger partial charge is 0.496 e. The number of nitrogens with two attached hydrogens (primary N) is 1. The van der Waals surface area contributed by atoms with Crippen molar-refractivity contribution in [3.05, 3.63) is 17.7 Å². The summed E-state index contributed by atoms with van der Waals surface area (Å²) >= 11 is 0. The molecule has 0 aromatic heterocycles. The van der Waals surface area contributed by atoms with E-state index < -0.39 is 0 Å². The molecule has 2 N–H and O–H groups in total. The Morgan fingerprint density at radius 2 is 2.06 bits per heavy atom. The van der Waals surface area contributed by atoms with Crippen molar-refractivity contribution in [2.24, 2.45) is 5.73 Å². The molecule has 0 saturated carbocycles. The first-order valence-corrected chi connectivity index (χ1v) is 6.07. The van der Waals surface area contributed by atoms with Gasteiger partial charge >= 0.3 is 0 Å². The summed E-state index contributed by atoms with van der Waals surface area (Å²) in [5.41, 5.74) is 7.69. The summed E-state index contributed by atoms with van der Waals surface area (Å²) in [7, 11) is 3.35. The first-order valence-electron chi connectivity index (χ1n) is 6.07. The van der Waals surface area contributed by atoms with Gasteiger partial charge in [0.25, 0.3) is 0 Å². The van der Waals surface area contributed by atoms with Gasteiger partial charge in [-0.25, -0.2) is 0 Å². The van der Waals surface area contributed by atoms with Crippen LogP contribution in [0, 0.1) is 0 Å². The van der Waals surface area contributed by atoms with Crippen LogP contribution in [0.15, 0.2) is 12.1 Å². The van der Waals surface area contributed by atoms with Crippen LogP contribution in [-0.4, -0.2) is 40.6 Å². The van der Waals surface area contributed by atoms with E-state index in [-0.39, 0.29) is 0 Å². The molecule has 0 spiro atoms. The number of hydrogen-bond donors (Lipinski definition) is 1. The van der Waals surface area contributed by atoms with Crippen LogP contribution in [0.3, 0.4) is 0 Å². The normalized spacial score (nSPS) is 14.9. The van der Waals surface area contributed by atoms with Crippen molar-refractivity contribution in [1.82, 2.24) is 0 Å². The van der Waals surface area contributed by atoms with Gasteiger partial charge in [0, 0.05) is 12.6 Å². The van der Waals surface area contributed by atoms with E-state index >= 15 is 0 Å². The second kappa shape index (κ2) is 5.93. The topological polar surface area (TPSA) is 57.0 Å². The molecular formula is C13H20N2O3. The van der Waals surface area contributed by atoms with Crippen molar-refractivity contribution in [2.45, 2.75) is 6.42 Å². The lowest BCUT2D eigenvalue weighted by Crippen LogP contribution is -2.19. The molecule has 1 aromatic carbocycles. The van der Waals surface area contributed by atoms with Crippen molar-refractivity contribution in [2.75, 3.05) is 45.5 Å². The number of nitrogens with zero attached hydrogens (tertiary/aromatic N) is 1. The lowest BCUT2D eigenvalue weighted by Gasteiger charge is -2.21. The number of anilines is 1. The van der Waals surface area contributed by atoms with Gasteiger partial charge in [0.05, 0.1) is 26.5 Å². The van der Waals surface area contributed by atoms with E-state index in [0.29, 0.717) is 13.3 Å². The first-order chi connectivity index (χ1) is 8.80. The van der Waals surface area contributed by atoms with E-state index in [2.05, 4.69) is 4.90 Å². The van der Waals surface area contributed by atoms with Crippen molar-refractivity contribution >= 4 is 5.69 Å². The molecule has 2 rings (SSSR count). The highest BCUT2D eigenvalue weighted by Crippen LogP contribution is 2.36. The molecule has 0 bridgehead atoms. The standard InChI is InChI=1S/C13H20N2O3/c1-16-12-8-11(15-5-6-18-9-15)13(17-2)7-10(12)3-4-14/h7-8H,3-6,9,14H2,1-2H3. The van der Waals surface area contributed by atoms with Gasteiger partial charge in [-0.05, 0) is 24.6 Å². The van der Waals surface area contributed by atoms with Gasteiger partial charge in [-0.3, -0.25) is 0 Å². The van der Waals surface area contributed by atoms with Crippen LogP contribution in [0.4, 0.5) is 5.69 Å². The average Bonchev–Trinajstić information content (AvgIpc) is 2.92. The summed E-state index contributed by atoms with van der Waals surface area (Å²) in [5, 5.41) is 0. The second-order valence-electron chi connectivity index (χ2n) is 4.18. The molecule has 0 unspecified atom stereocenters. The Balaban J connectivity index is 2.38. The summed E-state index contributed by atoms with van der Waals surface area (Å²) in [6, 6.07) is 4.00. The van der Waals surface area contributed by atoms with Gasteiger partial charge in [-0.1, -0.05) is 0 Å². The fraction of sp³-hybridized carbons (Fsp3) is 0.538. The monoisotopic (exact) mass is 252 g/mol. The van der Waals surface area contributed by atoms with E-state index in [1.165, 1.54) is 0 Å². The Labute approximate surface area is 107 Å². The van der Waals surface area contributed by atoms with Crippen molar-refractivity contribution < 1.29 is 14.2 Å². The maximum absolute atomic E-state index is 5.61. The third kappa shape index (κ3) is 2.52. The van der Waals surface area contributed by atoms with E-state index in [1.807, 2.05) is 12.1 Å². The zero-order valence-corrected chi connectivity index (χ0v) is 10.9. The molecule has 0 atom stereocenters. The van der Waals surface area contributed by atoms with Crippen LogP contribution in [0.2, 0.25) is 0 Å². The van der Waals surface area contributed by atoms with Crippen LogP contribution < -0.4 is 20.1 Å². The van der Waals surface area contributed by atoms with Crippen LogP contribution >= 0.6 is 0 Å². The highest BCUT2D eigenvalue weighted by molar-refractivity contribution is 5.64. The highest BCUT2D eigenvalue weighted by Gasteiger charge is 2.19. The van der Waals surface area contributed by atoms with Crippen molar-refractivity contribution in [1.29, 1.82) is 0 Å². The zero-order valence-electron chi connectivity index (χ0n) is 10.9. The molecule has 1 aliphatic heterocycles. The van der Waals surface area contributed by atoms with Gasteiger partial charge in [0.2, 0.25) is 0 Å². The van der Waals surface area contributed by atoms with Crippen molar-refractivity contribution in [3.63, 3.8) is 0 Å². The summed E-state index contributed by atoms with van der Waals surface area (Å²) in [6.45, 7) is 2.80. The van der Waals surface area contributed by atoms with E-state index in [9.17, 15) is 0 Å². The predicted octanol–water partition coefficient (Wildman–Crippen LogP) is 0.999. The van der Waals surface area contributed by atoms with Crippen LogP contribution in [-0.2, 0) is 11.2 Å². The summed E-state index contributed by atoms with van der Waals surface area (Å²) < 4.78 is 16.2. The van der Waals surface area contributed by atoms with E-state index in [4.69, 9.17) is 19.9 Å². The Morgan fingerprint density at radius 3 is 2.61 bits per heavy atom. The number of rotatable bonds is 5. The number of hydrogen-bond acceptors (Lipinski definition) is 5. The molecule has 5 nitrogen and oxygen atoms in total. The van der Waals surface area contributed by atoms with Crippen LogP contribution in [0.1, 0.15) is 5.56 Å². The minimum absolute atomic E-state index is 0.589. The molecule has 100 valence electrons. The minimum atomic E-state index is 0.589. The number of ether oxygens (including phenoxy) is 3. The Kier molecular flexibility index (Phi) is 4.28. The Morgan fingerprint density at radius 1 is 1.28 bits per heavy atom. The third-order valence-corrected chi connectivity index (χ3v) is 3.09. The molecule has 5 heteroatoms. The SMILES string of the molecule is COc1cc(N2CCOC2)c(OC)cc1CCN. The molecule has 1 aromatic rings. The summed E-state index contributed by atoms with van der Waals surface area (Å²) in [5.74, 6) is 1.69. The Bertz CT molecular complexity index is 403. The van der Waals surface area contributed by atoms with E-state index in [1.54, 1.807) is 14.2 Å². The molecule has 1 saturated heterocycles. The predicted molar refractivity (Wildman–Crippen MR) is 70.5 cm³/mol. The van der Waals surface area contributed by atoms with Gasteiger partial charge in [-0.15, -0.1) is 0 Å². The smallest absolute Gasteiger partial charge is 0.142 e. The summed E-state index contributed by atoms with van der Waals surface area (Å²) in [4.78, 5) is 2.13. The molecule has 0 amide bonds. The number of methoxy groups -OCH3 is 2. The zero-order chi connectivity index (χ0) is 13.0. The molecular weight excluding hydrogens is 232 g/mol. The fourth-order valence-electron chi connectivity index (χ4n) is 2.15. The van der Waals surface area contributed by atoms with Gasteiger partial charge in [-0.2, -0.15) is 0 Å². The van der Waals surface area contributed by atoms with Crippen LogP contribution in [0.5, 0.6) is 11.5 Å². The third-order valence-electron chi connectivity index (χ3n) is 3.09. The minimum Gasteiger partial charge on any atom is -0.496 e. The summed E-state index contributed by atoms with van der Waals surface area (Å²) in [6.07, 6.45) is 0.774. The highest BCUT2D eigenvalue weighted by atomic mass is 16.5. The van der Waals surface area contributed by atoms with E-state index in [0.717, 1.165) is 42.3 Å². The van der Waals surface area contributed by atoms with Gasteiger partial charge < -0.3 is 24.8 Å². The maximum Gasteiger partial charge on any atom is 0.142 e. The molecule has 18 heavy (non-hydrogen) atoms. The number of benzene rings is 1. The second-order valence-corrected chi connectivity index (χ2v) is 4.18. The van der Waals surface area contributed by atoms with Crippen LogP contribution in [0.25, 0.3) is 0 Å².